The summed E-state index contributed by atoms with van der Waals surface area (Å²) in [4.78, 5) is 14.0. The average molecular weight is 318 g/mol. The van der Waals surface area contributed by atoms with Crippen LogP contribution in [0.4, 0.5) is 0 Å². The predicted molar refractivity (Wildman–Crippen MR) is 84.5 cm³/mol. The van der Waals surface area contributed by atoms with E-state index in [1.807, 2.05) is 31.3 Å². The van der Waals surface area contributed by atoms with Gasteiger partial charge in [0.25, 0.3) is 0 Å². The van der Waals surface area contributed by atoms with Crippen LogP contribution in [0.5, 0.6) is 0 Å². The van der Waals surface area contributed by atoms with Crippen LogP contribution in [-0.2, 0) is 11.3 Å². The van der Waals surface area contributed by atoms with Gasteiger partial charge in [-0.1, -0.05) is 23.7 Å². The molecule has 0 saturated carbocycles. The lowest BCUT2D eigenvalue weighted by Gasteiger charge is -2.15. The van der Waals surface area contributed by atoms with Crippen LogP contribution in [-0.4, -0.2) is 43.5 Å². The molecule has 20 heavy (non-hydrogen) atoms. The predicted octanol–water partition coefficient (Wildman–Crippen LogP) is 1.67. The van der Waals surface area contributed by atoms with Crippen LogP contribution < -0.4 is 10.6 Å². The van der Waals surface area contributed by atoms with Crippen molar-refractivity contribution in [1.29, 1.82) is 0 Å². The van der Waals surface area contributed by atoms with Crippen molar-refractivity contribution in [3.05, 3.63) is 34.9 Å². The van der Waals surface area contributed by atoms with E-state index in [0.29, 0.717) is 24.2 Å². The van der Waals surface area contributed by atoms with Crippen molar-refractivity contribution in [2.24, 2.45) is 0 Å². The quantitative estimate of drug-likeness (QED) is 0.868. The molecule has 4 nitrogen and oxygen atoms in total. The highest BCUT2D eigenvalue weighted by Crippen LogP contribution is 2.10. The number of hydrogen-bond donors (Lipinski definition) is 2. The van der Waals surface area contributed by atoms with E-state index in [0.717, 1.165) is 25.1 Å². The van der Waals surface area contributed by atoms with Crippen molar-refractivity contribution in [3.8, 4) is 0 Å². The number of hydrogen-bond acceptors (Lipinski definition) is 3. The summed E-state index contributed by atoms with van der Waals surface area (Å²) in [5, 5.41) is 6.89. The highest BCUT2D eigenvalue weighted by atomic mass is 35.5. The van der Waals surface area contributed by atoms with Gasteiger partial charge in [-0.15, -0.1) is 12.4 Å². The van der Waals surface area contributed by atoms with Gasteiger partial charge < -0.3 is 10.6 Å². The van der Waals surface area contributed by atoms with E-state index in [9.17, 15) is 4.79 Å². The Morgan fingerprint density at radius 2 is 2.10 bits per heavy atom. The Bertz CT molecular complexity index is 425. The SMILES string of the molecule is CNC1CCN(CC(=O)NCc2ccc(Cl)cc2)C1.Cl. The third-order valence-corrected chi connectivity index (χ3v) is 3.70. The summed E-state index contributed by atoms with van der Waals surface area (Å²) in [6, 6.07) is 8.04. The Labute approximate surface area is 131 Å². The zero-order valence-corrected chi connectivity index (χ0v) is 13.1. The van der Waals surface area contributed by atoms with Crippen molar-refractivity contribution in [2.75, 3.05) is 26.7 Å². The molecule has 1 aliphatic heterocycles. The first-order chi connectivity index (χ1) is 9.17. The van der Waals surface area contributed by atoms with Crippen molar-refractivity contribution < 1.29 is 4.79 Å². The summed E-state index contributed by atoms with van der Waals surface area (Å²) in [5.74, 6) is 0.0757. The Kier molecular flexibility index (Phi) is 7.30. The standard InChI is InChI=1S/C14H20ClN3O.ClH/c1-16-13-6-7-18(9-13)10-14(19)17-8-11-2-4-12(15)5-3-11;/h2-5,13,16H,6-10H2,1H3,(H,17,19);1H. The molecule has 6 heteroatoms. The van der Waals surface area contributed by atoms with Crippen LogP contribution in [0, 0.1) is 0 Å². The first kappa shape index (κ1) is 17.2. The number of likely N-dealkylation sites (tertiary alicyclic amines) is 1. The molecule has 1 atom stereocenters. The lowest BCUT2D eigenvalue weighted by molar-refractivity contribution is -0.122. The van der Waals surface area contributed by atoms with Crippen LogP contribution in [0.25, 0.3) is 0 Å². The molecule has 1 amide bonds. The number of likely N-dealkylation sites (N-methyl/N-ethyl adjacent to an activating group) is 1. The summed E-state index contributed by atoms with van der Waals surface area (Å²) < 4.78 is 0. The number of benzene rings is 1. The normalized spacial score (nSPS) is 18.6. The van der Waals surface area contributed by atoms with Crippen LogP contribution in [0.3, 0.4) is 0 Å². The molecule has 1 unspecified atom stereocenters. The average Bonchev–Trinajstić information content (AvgIpc) is 2.86. The highest BCUT2D eigenvalue weighted by molar-refractivity contribution is 6.30. The minimum absolute atomic E-state index is 0. The molecular formula is C14H21Cl2N3O. The minimum Gasteiger partial charge on any atom is -0.351 e. The zero-order chi connectivity index (χ0) is 13.7. The molecule has 1 aliphatic rings. The zero-order valence-electron chi connectivity index (χ0n) is 11.6. The van der Waals surface area contributed by atoms with Gasteiger partial charge in [-0.25, -0.2) is 0 Å². The number of nitrogens with one attached hydrogen (secondary N) is 2. The molecule has 1 fully saturated rings. The molecule has 1 aromatic carbocycles. The largest absolute Gasteiger partial charge is 0.351 e. The Morgan fingerprint density at radius 3 is 2.70 bits per heavy atom. The van der Waals surface area contributed by atoms with Crippen molar-refractivity contribution in [3.63, 3.8) is 0 Å². The second-order valence-electron chi connectivity index (χ2n) is 4.91. The van der Waals surface area contributed by atoms with Crippen LogP contribution in [0.2, 0.25) is 5.02 Å². The molecule has 112 valence electrons. The number of nitrogens with zero attached hydrogens (tertiary/aromatic N) is 1. The van der Waals surface area contributed by atoms with Crippen molar-refractivity contribution in [1.82, 2.24) is 15.5 Å². The molecule has 2 rings (SSSR count). The molecule has 0 bridgehead atoms. The minimum atomic E-state index is 0. The molecule has 2 N–H and O–H groups in total. The number of carbonyl (C=O) groups excluding carboxylic acids is 1. The van der Waals surface area contributed by atoms with Gasteiger partial charge in [-0.3, -0.25) is 9.69 Å². The molecular weight excluding hydrogens is 297 g/mol. The van der Waals surface area contributed by atoms with E-state index >= 15 is 0 Å². The maximum atomic E-state index is 11.8. The van der Waals surface area contributed by atoms with E-state index in [4.69, 9.17) is 11.6 Å². The van der Waals surface area contributed by atoms with Gasteiger partial charge in [0.15, 0.2) is 0 Å². The summed E-state index contributed by atoms with van der Waals surface area (Å²) in [5.41, 5.74) is 1.06. The van der Waals surface area contributed by atoms with Crippen LogP contribution >= 0.6 is 24.0 Å². The van der Waals surface area contributed by atoms with E-state index in [-0.39, 0.29) is 18.3 Å². The van der Waals surface area contributed by atoms with Gasteiger partial charge in [-0.05, 0) is 31.2 Å². The maximum Gasteiger partial charge on any atom is 0.234 e. The third-order valence-electron chi connectivity index (χ3n) is 3.45. The molecule has 0 radical (unpaired) electrons. The first-order valence-corrected chi connectivity index (χ1v) is 6.96. The van der Waals surface area contributed by atoms with Crippen molar-refractivity contribution in [2.45, 2.75) is 19.0 Å². The topological polar surface area (TPSA) is 44.4 Å². The van der Waals surface area contributed by atoms with Gasteiger partial charge in [0.2, 0.25) is 5.91 Å². The molecule has 0 spiro atoms. The van der Waals surface area contributed by atoms with E-state index in [1.165, 1.54) is 0 Å². The first-order valence-electron chi connectivity index (χ1n) is 6.58. The second-order valence-corrected chi connectivity index (χ2v) is 5.35. The number of rotatable bonds is 5. The smallest absolute Gasteiger partial charge is 0.234 e. The second kappa shape index (κ2) is 8.47. The Hall–Kier alpha value is -0.810. The van der Waals surface area contributed by atoms with Crippen LogP contribution in [0.15, 0.2) is 24.3 Å². The van der Waals surface area contributed by atoms with Gasteiger partial charge in [0.05, 0.1) is 6.54 Å². The third kappa shape index (κ3) is 5.29. The van der Waals surface area contributed by atoms with Gasteiger partial charge in [0, 0.05) is 30.7 Å². The number of amides is 1. The van der Waals surface area contributed by atoms with E-state index in [2.05, 4.69) is 15.5 Å². The molecule has 1 aromatic rings. The summed E-state index contributed by atoms with van der Waals surface area (Å²) >= 11 is 5.82. The molecule has 1 saturated heterocycles. The number of halogens is 2. The molecule has 1 heterocycles. The van der Waals surface area contributed by atoms with E-state index in [1.54, 1.807) is 0 Å². The molecule has 0 aromatic heterocycles. The fourth-order valence-electron chi connectivity index (χ4n) is 2.27. The number of carbonyl (C=O) groups is 1. The fourth-order valence-corrected chi connectivity index (χ4v) is 2.40. The lowest BCUT2D eigenvalue weighted by atomic mass is 10.2. The Balaban J connectivity index is 0.00000200. The summed E-state index contributed by atoms with van der Waals surface area (Å²) in [7, 11) is 1.97. The Morgan fingerprint density at radius 1 is 1.40 bits per heavy atom. The highest BCUT2D eigenvalue weighted by Gasteiger charge is 2.22. The molecule has 0 aliphatic carbocycles. The van der Waals surface area contributed by atoms with Gasteiger partial charge in [0.1, 0.15) is 0 Å². The summed E-state index contributed by atoms with van der Waals surface area (Å²) in [6.45, 7) is 2.97. The van der Waals surface area contributed by atoms with Crippen molar-refractivity contribution >= 4 is 29.9 Å². The fraction of sp³-hybridized carbons (Fsp3) is 0.500. The van der Waals surface area contributed by atoms with Gasteiger partial charge >= 0.3 is 0 Å². The van der Waals surface area contributed by atoms with Gasteiger partial charge in [-0.2, -0.15) is 0 Å². The lowest BCUT2D eigenvalue weighted by Crippen LogP contribution is -2.37. The maximum absolute atomic E-state index is 11.8. The monoisotopic (exact) mass is 317 g/mol. The summed E-state index contributed by atoms with van der Waals surface area (Å²) in [6.07, 6.45) is 1.11. The van der Waals surface area contributed by atoms with E-state index < -0.39 is 0 Å². The van der Waals surface area contributed by atoms with Crippen LogP contribution in [0.1, 0.15) is 12.0 Å².